The second-order valence-electron chi connectivity index (χ2n) is 5.60. The molecule has 1 N–H and O–H groups in total. The fourth-order valence-corrected chi connectivity index (χ4v) is 3.73. The average Bonchev–Trinajstić information content (AvgIpc) is 3.31. The van der Waals surface area contributed by atoms with E-state index in [2.05, 4.69) is 15.2 Å². The van der Waals surface area contributed by atoms with Gasteiger partial charge in [0.15, 0.2) is 11.5 Å². The molecule has 1 aliphatic rings. The highest BCUT2D eigenvalue weighted by molar-refractivity contribution is 7.09. The van der Waals surface area contributed by atoms with Crippen molar-refractivity contribution in [3.63, 3.8) is 0 Å². The Morgan fingerprint density at radius 2 is 2.39 bits per heavy atom. The van der Waals surface area contributed by atoms with E-state index >= 15 is 0 Å². The minimum atomic E-state index is -0.0616. The molecule has 0 aromatic carbocycles. The fraction of sp³-hybridized carbons (Fsp3) is 0.312. The maximum Gasteiger partial charge on any atom is 0.274 e. The van der Waals surface area contributed by atoms with Crippen LogP contribution in [0.2, 0.25) is 0 Å². The van der Waals surface area contributed by atoms with E-state index in [-0.39, 0.29) is 11.9 Å². The van der Waals surface area contributed by atoms with Gasteiger partial charge in [-0.1, -0.05) is 0 Å². The molecule has 0 bridgehead atoms. The fourth-order valence-electron chi connectivity index (χ4n) is 2.95. The summed E-state index contributed by atoms with van der Waals surface area (Å²) in [5.74, 6) is 1.45. The van der Waals surface area contributed by atoms with Crippen LogP contribution in [0.25, 0.3) is 11.5 Å². The number of likely N-dealkylation sites (tertiary alicyclic amines) is 1. The Labute approximate surface area is 137 Å². The quantitative estimate of drug-likeness (QED) is 0.799. The molecule has 0 aliphatic carbocycles. The first-order valence-corrected chi connectivity index (χ1v) is 8.43. The first-order chi connectivity index (χ1) is 11.2. The van der Waals surface area contributed by atoms with Crippen molar-refractivity contribution in [1.82, 2.24) is 20.1 Å². The molecule has 118 valence electrons. The Kier molecular flexibility index (Phi) is 3.49. The molecule has 0 radical (unpaired) electrons. The molecule has 4 rings (SSSR count). The maximum absolute atomic E-state index is 12.8. The van der Waals surface area contributed by atoms with Crippen molar-refractivity contribution in [3.8, 4) is 11.5 Å². The van der Waals surface area contributed by atoms with Crippen molar-refractivity contribution in [3.05, 3.63) is 46.2 Å². The molecule has 3 aromatic heterocycles. The number of aryl methyl sites for hydroxylation is 1. The molecular weight excluding hydrogens is 312 g/mol. The molecule has 1 amide bonds. The SMILES string of the molecule is Cc1ccc(-c2cc(C(=O)N3CCC[C@@H]3c3nccs3)n[nH]2)o1. The molecule has 0 spiro atoms. The highest BCUT2D eigenvalue weighted by atomic mass is 32.1. The number of nitrogens with zero attached hydrogens (tertiary/aromatic N) is 3. The molecule has 23 heavy (non-hydrogen) atoms. The van der Waals surface area contributed by atoms with Gasteiger partial charge in [-0.05, 0) is 31.9 Å². The lowest BCUT2D eigenvalue weighted by Crippen LogP contribution is -2.30. The van der Waals surface area contributed by atoms with Crippen LogP contribution in [0.1, 0.15) is 40.1 Å². The van der Waals surface area contributed by atoms with Gasteiger partial charge < -0.3 is 9.32 Å². The second kappa shape index (κ2) is 5.66. The standard InChI is InChI=1S/C16H16N4O2S/c1-10-4-5-14(22-10)11-9-12(19-18-11)16(21)20-7-2-3-13(20)15-17-6-8-23-15/h4-6,8-9,13H,2-3,7H2,1H3,(H,18,19)/t13-/m1/s1. The van der Waals surface area contributed by atoms with Crippen molar-refractivity contribution in [1.29, 1.82) is 0 Å². The number of furan rings is 1. The van der Waals surface area contributed by atoms with Gasteiger partial charge in [0, 0.05) is 24.2 Å². The third-order valence-electron chi connectivity index (χ3n) is 4.05. The van der Waals surface area contributed by atoms with Gasteiger partial charge in [-0.25, -0.2) is 4.98 Å². The molecule has 6 nitrogen and oxygen atoms in total. The predicted octanol–water partition coefficient (Wildman–Crippen LogP) is 3.41. The van der Waals surface area contributed by atoms with Gasteiger partial charge in [0.2, 0.25) is 0 Å². The number of amides is 1. The van der Waals surface area contributed by atoms with Crippen LogP contribution >= 0.6 is 11.3 Å². The van der Waals surface area contributed by atoms with Crippen LogP contribution in [-0.2, 0) is 0 Å². The summed E-state index contributed by atoms with van der Waals surface area (Å²) in [6.07, 6.45) is 3.73. The van der Waals surface area contributed by atoms with Crippen LogP contribution in [0, 0.1) is 6.92 Å². The van der Waals surface area contributed by atoms with Gasteiger partial charge in [-0.3, -0.25) is 9.89 Å². The van der Waals surface area contributed by atoms with Crippen LogP contribution in [0.5, 0.6) is 0 Å². The van der Waals surface area contributed by atoms with E-state index in [1.807, 2.05) is 29.3 Å². The molecule has 1 saturated heterocycles. The van der Waals surface area contributed by atoms with Crippen molar-refractivity contribution in [2.45, 2.75) is 25.8 Å². The number of aromatic nitrogens is 3. The third-order valence-corrected chi connectivity index (χ3v) is 4.93. The third kappa shape index (κ3) is 2.57. The number of nitrogens with one attached hydrogen (secondary N) is 1. The number of rotatable bonds is 3. The lowest BCUT2D eigenvalue weighted by atomic mass is 10.2. The topological polar surface area (TPSA) is 75.0 Å². The van der Waals surface area contributed by atoms with E-state index in [4.69, 9.17) is 4.42 Å². The van der Waals surface area contributed by atoms with Crippen LogP contribution in [-0.4, -0.2) is 32.5 Å². The lowest BCUT2D eigenvalue weighted by molar-refractivity contribution is 0.0729. The van der Waals surface area contributed by atoms with Gasteiger partial charge in [-0.2, -0.15) is 5.10 Å². The molecule has 7 heteroatoms. The van der Waals surface area contributed by atoms with E-state index in [1.165, 1.54) is 0 Å². The summed E-state index contributed by atoms with van der Waals surface area (Å²) >= 11 is 1.59. The number of H-pyrrole nitrogens is 1. The van der Waals surface area contributed by atoms with Crippen LogP contribution in [0.3, 0.4) is 0 Å². The van der Waals surface area contributed by atoms with Gasteiger partial charge in [0.05, 0.1) is 6.04 Å². The first-order valence-electron chi connectivity index (χ1n) is 7.55. The van der Waals surface area contributed by atoms with E-state index in [9.17, 15) is 4.79 Å². The largest absolute Gasteiger partial charge is 0.460 e. The van der Waals surface area contributed by atoms with Crippen molar-refractivity contribution in [2.75, 3.05) is 6.54 Å². The molecule has 3 aromatic rings. The van der Waals surface area contributed by atoms with Crippen molar-refractivity contribution in [2.24, 2.45) is 0 Å². The Bertz CT molecular complexity index is 821. The van der Waals surface area contributed by atoms with E-state index in [0.717, 1.165) is 30.2 Å². The Morgan fingerprint density at radius 3 is 3.13 bits per heavy atom. The Hall–Kier alpha value is -2.41. The van der Waals surface area contributed by atoms with Gasteiger partial charge >= 0.3 is 0 Å². The highest BCUT2D eigenvalue weighted by Gasteiger charge is 2.33. The zero-order chi connectivity index (χ0) is 15.8. The number of carbonyl (C=O) groups is 1. The number of hydrogen-bond donors (Lipinski definition) is 1. The molecule has 1 atom stereocenters. The Balaban J connectivity index is 1.58. The minimum absolute atomic E-state index is 0.0616. The summed E-state index contributed by atoms with van der Waals surface area (Å²) in [5, 5.41) is 9.99. The monoisotopic (exact) mass is 328 g/mol. The number of thiazole rings is 1. The number of aromatic amines is 1. The average molecular weight is 328 g/mol. The zero-order valence-corrected chi connectivity index (χ0v) is 13.5. The normalized spacial score (nSPS) is 17.8. The van der Waals surface area contributed by atoms with Gasteiger partial charge in [-0.15, -0.1) is 11.3 Å². The Morgan fingerprint density at radius 1 is 1.48 bits per heavy atom. The zero-order valence-electron chi connectivity index (χ0n) is 12.7. The van der Waals surface area contributed by atoms with Gasteiger partial charge in [0.25, 0.3) is 5.91 Å². The van der Waals surface area contributed by atoms with Crippen molar-refractivity contribution < 1.29 is 9.21 Å². The highest BCUT2D eigenvalue weighted by Crippen LogP contribution is 2.34. The molecule has 0 saturated carbocycles. The summed E-state index contributed by atoms with van der Waals surface area (Å²) in [7, 11) is 0. The van der Waals surface area contributed by atoms with Crippen LogP contribution in [0.15, 0.2) is 34.2 Å². The smallest absolute Gasteiger partial charge is 0.274 e. The maximum atomic E-state index is 12.8. The number of carbonyl (C=O) groups excluding carboxylic acids is 1. The summed E-state index contributed by atoms with van der Waals surface area (Å²) in [6.45, 7) is 2.62. The van der Waals surface area contributed by atoms with E-state index in [0.29, 0.717) is 17.1 Å². The summed E-state index contributed by atoms with van der Waals surface area (Å²) < 4.78 is 5.56. The summed E-state index contributed by atoms with van der Waals surface area (Å²) in [6, 6.07) is 5.56. The lowest BCUT2D eigenvalue weighted by Gasteiger charge is -2.21. The van der Waals surface area contributed by atoms with Gasteiger partial charge in [0.1, 0.15) is 16.5 Å². The molecule has 0 unspecified atom stereocenters. The summed E-state index contributed by atoms with van der Waals surface area (Å²) in [4.78, 5) is 19.0. The van der Waals surface area contributed by atoms with E-state index in [1.54, 1.807) is 23.6 Å². The first kappa shape index (κ1) is 14.2. The predicted molar refractivity (Wildman–Crippen MR) is 86.2 cm³/mol. The molecular formula is C16H16N4O2S. The van der Waals surface area contributed by atoms with Crippen LogP contribution < -0.4 is 0 Å². The van der Waals surface area contributed by atoms with Crippen molar-refractivity contribution >= 4 is 17.2 Å². The summed E-state index contributed by atoms with van der Waals surface area (Å²) in [5.41, 5.74) is 1.13. The number of hydrogen-bond acceptors (Lipinski definition) is 5. The van der Waals surface area contributed by atoms with E-state index < -0.39 is 0 Å². The molecule has 1 aliphatic heterocycles. The molecule has 4 heterocycles. The van der Waals surface area contributed by atoms with Crippen LogP contribution in [0.4, 0.5) is 0 Å². The minimum Gasteiger partial charge on any atom is -0.460 e. The molecule has 1 fully saturated rings. The second-order valence-corrected chi connectivity index (χ2v) is 6.53.